The molecule has 3 heterocycles. The number of carboxylic acids is 1. The number of carboxylic acid groups (broad SMARTS) is 1. The Kier molecular flexibility index (Phi) is 4.97. The van der Waals surface area contributed by atoms with Crippen LogP contribution < -0.4 is 10.2 Å². The Hall–Kier alpha value is -3.20. The molecule has 2 aromatic heterocycles. The van der Waals surface area contributed by atoms with Crippen molar-refractivity contribution in [1.29, 1.82) is 0 Å². The van der Waals surface area contributed by atoms with Crippen molar-refractivity contribution in [2.45, 2.75) is 51.1 Å². The number of halogens is 1. The first-order chi connectivity index (χ1) is 15.1. The van der Waals surface area contributed by atoms with Gasteiger partial charge in [-0.1, -0.05) is 31.4 Å². The zero-order chi connectivity index (χ0) is 21.5. The van der Waals surface area contributed by atoms with E-state index >= 15 is 0 Å². The molecule has 0 saturated heterocycles. The van der Waals surface area contributed by atoms with Gasteiger partial charge in [0, 0.05) is 6.04 Å². The molecule has 1 aromatic carbocycles. The van der Waals surface area contributed by atoms with Gasteiger partial charge in [-0.05, 0) is 37.5 Å². The quantitative estimate of drug-likeness (QED) is 0.603. The Morgan fingerprint density at radius 1 is 1.32 bits per heavy atom. The summed E-state index contributed by atoms with van der Waals surface area (Å²) in [5.74, 6) is 1.14. The van der Waals surface area contributed by atoms with E-state index in [4.69, 9.17) is 21.7 Å². The van der Waals surface area contributed by atoms with Crippen LogP contribution in [-0.4, -0.2) is 41.9 Å². The highest BCUT2D eigenvalue weighted by atomic mass is 35.5. The van der Waals surface area contributed by atoms with Crippen molar-refractivity contribution in [1.82, 2.24) is 24.7 Å². The molecule has 1 saturated carbocycles. The van der Waals surface area contributed by atoms with Gasteiger partial charge in [0.15, 0.2) is 11.6 Å². The van der Waals surface area contributed by atoms with E-state index in [1.165, 1.54) is 25.0 Å². The van der Waals surface area contributed by atoms with Gasteiger partial charge in [-0.15, -0.1) is 10.2 Å². The van der Waals surface area contributed by atoms with Gasteiger partial charge < -0.3 is 15.3 Å². The lowest BCUT2D eigenvalue weighted by molar-refractivity contribution is 0.0697. The van der Waals surface area contributed by atoms with Gasteiger partial charge in [-0.2, -0.15) is 4.98 Å². The highest BCUT2D eigenvalue weighted by molar-refractivity contribution is 6.33. The largest absolute Gasteiger partial charge is 0.478 e. The summed E-state index contributed by atoms with van der Waals surface area (Å²) in [7, 11) is 0. The summed E-state index contributed by atoms with van der Waals surface area (Å²) in [6.45, 7) is 2.15. The maximum atomic E-state index is 11.2. The number of nitrogens with one attached hydrogen (secondary N) is 1. The smallest absolute Gasteiger partial charge is 0.335 e. The van der Waals surface area contributed by atoms with Gasteiger partial charge >= 0.3 is 5.97 Å². The number of fused-ring (bicyclic) bond motifs is 3. The molecule has 1 atom stereocenters. The monoisotopic (exact) mass is 439 g/mol. The van der Waals surface area contributed by atoms with Gasteiger partial charge in [0.2, 0.25) is 5.95 Å². The third kappa shape index (κ3) is 3.38. The lowest BCUT2D eigenvalue weighted by Crippen LogP contribution is -2.42. The Morgan fingerprint density at radius 2 is 2.13 bits per heavy atom. The van der Waals surface area contributed by atoms with Crippen LogP contribution in [0, 0.1) is 0 Å². The van der Waals surface area contributed by atoms with Crippen molar-refractivity contribution in [2.75, 3.05) is 10.2 Å². The van der Waals surface area contributed by atoms with Crippen LogP contribution in [0.25, 0.3) is 5.69 Å². The molecule has 1 aliphatic heterocycles. The topological polar surface area (TPSA) is 109 Å². The molecule has 31 heavy (non-hydrogen) atoms. The first-order valence-corrected chi connectivity index (χ1v) is 10.8. The number of benzene rings is 1. The number of hydrogen-bond acceptors (Lipinski definition) is 7. The predicted molar refractivity (Wildman–Crippen MR) is 116 cm³/mol. The van der Waals surface area contributed by atoms with Crippen molar-refractivity contribution >= 4 is 35.0 Å². The second-order valence-corrected chi connectivity index (χ2v) is 8.26. The summed E-state index contributed by atoms with van der Waals surface area (Å²) in [6.07, 6.45) is 9.04. The molecule has 9 nitrogen and oxygen atoms in total. The summed E-state index contributed by atoms with van der Waals surface area (Å²) < 4.78 is 1.97. The molecule has 1 aliphatic carbocycles. The molecule has 160 valence electrons. The van der Waals surface area contributed by atoms with Crippen molar-refractivity contribution in [3.8, 4) is 5.69 Å². The molecule has 0 radical (unpaired) electrons. The number of anilines is 3. The van der Waals surface area contributed by atoms with E-state index in [9.17, 15) is 4.79 Å². The van der Waals surface area contributed by atoms with Crippen LogP contribution in [-0.2, 0) is 0 Å². The summed E-state index contributed by atoms with van der Waals surface area (Å²) in [5, 5.41) is 21.1. The zero-order valence-electron chi connectivity index (χ0n) is 17.0. The van der Waals surface area contributed by atoms with E-state index in [0.717, 1.165) is 36.6 Å². The third-order valence-electron chi connectivity index (χ3n) is 6.03. The number of carbonyl (C=O) groups is 1. The fourth-order valence-electron chi connectivity index (χ4n) is 4.57. The molecule has 0 amide bonds. The number of nitrogens with zero attached hydrogens (tertiary/aromatic N) is 6. The fraction of sp³-hybridized carbons (Fsp3) is 0.381. The summed E-state index contributed by atoms with van der Waals surface area (Å²) in [4.78, 5) is 22.9. The molecule has 0 spiro atoms. The second kappa shape index (κ2) is 7.81. The molecule has 2 aliphatic rings. The number of hydrogen-bond donors (Lipinski definition) is 2. The minimum Gasteiger partial charge on any atom is -0.478 e. The average molecular weight is 440 g/mol. The first kappa shape index (κ1) is 19.7. The zero-order valence-corrected chi connectivity index (χ0v) is 17.7. The maximum Gasteiger partial charge on any atom is 0.335 e. The maximum absolute atomic E-state index is 11.2. The Morgan fingerprint density at radius 3 is 2.84 bits per heavy atom. The summed E-state index contributed by atoms with van der Waals surface area (Å²) in [6, 6.07) is 5.02. The van der Waals surface area contributed by atoms with E-state index in [2.05, 4.69) is 32.3 Å². The van der Waals surface area contributed by atoms with E-state index < -0.39 is 5.97 Å². The van der Waals surface area contributed by atoms with E-state index in [1.807, 2.05) is 4.57 Å². The predicted octanol–water partition coefficient (Wildman–Crippen LogP) is 4.37. The Balaban J connectivity index is 1.55. The lowest BCUT2D eigenvalue weighted by atomic mass is 10.0. The molecular formula is C21H22ClN7O2. The second-order valence-electron chi connectivity index (χ2n) is 7.86. The van der Waals surface area contributed by atoms with Crippen molar-refractivity contribution in [3.63, 3.8) is 0 Å². The van der Waals surface area contributed by atoms with Crippen molar-refractivity contribution in [2.24, 2.45) is 0 Å². The molecule has 3 aromatic rings. The van der Waals surface area contributed by atoms with Crippen LogP contribution in [0.5, 0.6) is 0 Å². The summed E-state index contributed by atoms with van der Waals surface area (Å²) >= 11 is 6.28. The van der Waals surface area contributed by atoms with Crippen LogP contribution in [0.2, 0.25) is 5.02 Å². The fourth-order valence-corrected chi connectivity index (χ4v) is 4.80. The van der Waals surface area contributed by atoms with Gasteiger partial charge in [0.05, 0.1) is 28.5 Å². The summed E-state index contributed by atoms with van der Waals surface area (Å²) in [5.41, 5.74) is 1.53. The molecular weight excluding hydrogens is 418 g/mol. The van der Waals surface area contributed by atoms with E-state index in [0.29, 0.717) is 22.7 Å². The standard InChI is InChI=1S/C21H22ClN7O2/c1-2-16-19-27-24-11-28(19)17-10-23-21(26-18(17)29(16)13-5-3-4-6-13)25-15-8-7-12(20(30)31)9-14(15)22/h7-11,13,16H,2-6H2,1H3,(H,30,31)(H,23,25,26). The van der Waals surface area contributed by atoms with Crippen LogP contribution in [0.3, 0.4) is 0 Å². The number of aromatic carboxylic acids is 1. The number of aromatic nitrogens is 5. The van der Waals surface area contributed by atoms with Crippen LogP contribution >= 0.6 is 11.6 Å². The molecule has 5 rings (SSSR count). The van der Waals surface area contributed by atoms with Gasteiger partial charge in [-0.3, -0.25) is 4.57 Å². The minimum atomic E-state index is -1.03. The van der Waals surface area contributed by atoms with E-state index in [-0.39, 0.29) is 11.6 Å². The van der Waals surface area contributed by atoms with Gasteiger partial charge in [0.1, 0.15) is 12.0 Å². The molecule has 1 unspecified atom stereocenters. The van der Waals surface area contributed by atoms with Crippen LogP contribution in [0.15, 0.2) is 30.7 Å². The molecule has 2 N–H and O–H groups in total. The molecule has 10 heteroatoms. The van der Waals surface area contributed by atoms with Crippen LogP contribution in [0.1, 0.15) is 61.3 Å². The van der Waals surface area contributed by atoms with Gasteiger partial charge in [-0.25, -0.2) is 9.78 Å². The van der Waals surface area contributed by atoms with E-state index in [1.54, 1.807) is 18.6 Å². The molecule has 1 fully saturated rings. The van der Waals surface area contributed by atoms with Gasteiger partial charge in [0.25, 0.3) is 0 Å². The SMILES string of the molecule is CCC1c2nncn2-c2cnc(Nc3ccc(C(=O)O)cc3Cl)nc2N1C1CCCC1. The first-order valence-electron chi connectivity index (χ1n) is 10.4. The number of rotatable bonds is 5. The minimum absolute atomic E-state index is 0.0966. The Bertz CT molecular complexity index is 1140. The molecule has 0 bridgehead atoms. The Labute approximate surface area is 184 Å². The third-order valence-corrected chi connectivity index (χ3v) is 6.34. The highest BCUT2D eigenvalue weighted by Gasteiger charge is 2.38. The highest BCUT2D eigenvalue weighted by Crippen LogP contribution is 2.42. The van der Waals surface area contributed by atoms with Crippen LogP contribution in [0.4, 0.5) is 17.5 Å². The van der Waals surface area contributed by atoms with Crippen molar-refractivity contribution < 1.29 is 9.90 Å². The lowest BCUT2D eigenvalue weighted by Gasteiger charge is -2.40. The van der Waals surface area contributed by atoms with Crippen molar-refractivity contribution in [3.05, 3.63) is 47.1 Å². The average Bonchev–Trinajstić information content (AvgIpc) is 3.46. The normalized spacial score (nSPS) is 18.0.